The van der Waals surface area contributed by atoms with Crippen molar-refractivity contribution < 1.29 is 0 Å². The Labute approximate surface area is 137 Å². The maximum atomic E-state index is 4.94. The predicted octanol–water partition coefficient (Wildman–Crippen LogP) is 1.81. The van der Waals surface area contributed by atoms with Crippen molar-refractivity contribution in [2.75, 3.05) is 14.1 Å². The molecule has 0 heterocycles. The first-order valence-electron chi connectivity index (χ1n) is 4.17. The molecule has 0 N–H and O–H groups in total. The number of aryl methyl sites for hydroxylation is 1. The van der Waals surface area contributed by atoms with Crippen molar-refractivity contribution in [3.63, 3.8) is 0 Å². The van der Waals surface area contributed by atoms with E-state index < -0.39 is 0 Å². The minimum atomic E-state index is 0. The number of hydrogen-bond acceptors (Lipinski definition) is 4. The first-order valence-corrected chi connectivity index (χ1v) is 5.81. The Kier molecular flexibility index (Phi) is 11.4. The standard InChI is InChI=1S/C7H8S2.C3H7NS2.Sb/c1-5-2-3-6(8)7(9)4-5;1-4(2)3(5)6;/h2-4,8-9H,1H3;1-2H3,(H,5,6);/q;;+3/p-3. The molecule has 6 heteroatoms. The molecular formula is C10H12NS4Sb. The van der Waals surface area contributed by atoms with Crippen molar-refractivity contribution in [3.8, 4) is 0 Å². The van der Waals surface area contributed by atoms with Gasteiger partial charge in [0.2, 0.25) is 0 Å². The number of nitrogens with zero attached hydrogens (tertiary/aromatic N) is 1. The van der Waals surface area contributed by atoms with E-state index in [0.29, 0.717) is 4.32 Å². The summed E-state index contributed by atoms with van der Waals surface area (Å²) < 4.78 is 0.509. The minimum absolute atomic E-state index is 0. The van der Waals surface area contributed by atoms with Crippen molar-refractivity contribution in [3.05, 3.63) is 23.8 Å². The molecule has 0 saturated heterocycles. The number of thiocarbonyl (C=S) groups is 1. The van der Waals surface area contributed by atoms with Crippen molar-refractivity contribution in [2.45, 2.75) is 16.7 Å². The summed E-state index contributed by atoms with van der Waals surface area (Å²) in [6.45, 7) is 2.00. The number of benzene rings is 1. The molecule has 0 fully saturated rings. The average Bonchev–Trinajstić information content (AvgIpc) is 2.13. The minimum Gasteiger partial charge on any atom is -0.781 e. The van der Waals surface area contributed by atoms with Gasteiger partial charge in [0.05, 0.1) is 0 Å². The third kappa shape index (κ3) is 8.71. The van der Waals surface area contributed by atoms with Gasteiger partial charge in [-0.1, -0.05) is 28.1 Å². The van der Waals surface area contributed by atoms with Gasteiger partial charge in [-0.25, -0.2) is 0 Å². The Morgan fingerprint density at radius 2 is 1.62 bits per heavy atom. The molecule has 86 valence electrons. The van der Waals surface area contributed by atoms with Crippen LogP contribution in [0.2, 0.25) is 0 Å². The SMILES string of the molecule is CN(C)C(=S)[S-].Cc1ccc([S-])c([S-])c1.[Sb+3]. The Bertz CT molecular complexity index is 342. The summed E-state index contributed by atoms with van der Waals surface area (Å²) in [7, 11) is 3.66. The normalized spacial score (nSPS) is 8.19. The molecule has 1 aromatic carbocycles. The third-order valence-corrected chi connectivity index (χ3v) is 3.02. The molecule has 0 aliphatic rings. The van der Waals surface area contributed by atoms with E-state index in [4.69, 9.17) is 25.3 Å². The molecule has 1 nitrogen and oxygen atoms in total. The molecule has 0 aliphatic heterocycles. The summed E-state index contributed by atoms with van der Waals surface area (Å²) in [5, 5.41) is 0. The van der Waals surface area contributed by atoms with Crippen LogP contribution in [-0.4, -0.2) is 47.7 Å². The first-order chi connectivity index (χ1) is 6.84. The van der Waals surface area contributed by atoms with Crippen LogP contribution in [0.5, 0.6) is 0 Å². The van der Waals surface area contributed by atoms with Crippen LogP contribution >= 0.6 is 12.2 Å². The molecule has 0 aromatic heterocycles. The second kappa shape index (κ2) is 9.60. The number of hydrogen-bond donors (Lipinski definition) is 0. The fourth-order valence-electron chi connectivity index (χ4n) is 0.615. The summed E-state index contributed by atoms with van der Waals surface area (Å²) in [4.78, 5) is 3.27. The van der Waals surface area contributed by atoms with Crippen LogP contribution in [0.15, 0.2) is 28.0 Å². The molecule has 0 bridgehead atoms. The smallest absolute Gasteiger partial charge is 0.781 e. The molecule has 0 aliphatic carbocycles. The second-order valence-corrected chi connectivity index (χ2v) is 5.02. The second-order valence-electron chi connectivity index (χ2n) is 3.11. The van der Waals surface area contributed by atoms with Crippen LogP contribution in [-0.2, 0) is 37.9 Å². The van der Waals surface area contributed by atoms with E-state index >= 15 is 0 Å². The fourth-order valence-corrected chi connectivity index (χ4v) is 0.996. The molecule has 0 amide bonds. The molecule has 1 rings (SSSR count). The van der Waals surface area contributed by atoms with Gasteiger partial charge in [-0.3, -0.25) is 0 Å². The monoisotopic (exact) mass is 395 g/mol. The zero-order chi connectivity index (χ0) is 12.0. The van der Waals surface area contributed by atoms with E-state index in [1.165, 1.54) is 5.56 Å². The summed E-state index contributed by atoms with van der Waals surface area (Å²) in [5.74, 6) is 0. The maximum Gasteiger partial charge on any atom is 3.00 e. The molecule has 16 heavy (non-hydrogen) atoms. The Morgan fingerprint density at radius 1 is 1.19 bits per heavy atom. The molecular weight excluding hydrogens is 384 g/mol. The summed E-state index contributed by atoms with van der Waals surface area (Å²) in [6, 6.07) is 5.75. The van der Waals surface area contributed by atoms with Crippen LogP contribution in [0.3, 0.4) is 0 Å². The van der Waals surface area contributed by atoms with Crippen molar-refractivity contribution in [2.24, 2.45) is 0 Å². The largest absolute Gasteiger partial charge is 3.00 e. The van der Waals surface area contributed by atoms with Gasteiger partial charge in [-0.05, 0) is 6.92 Å². The van der Waals surface area contributed by atoms with Gasteiger partial charge < -0.3 is 55.0 Å². The van der Waals surface area contributed by atoms with Gasteiger partial charge >= 0.3 is 24.4 Å². The van der Waals surface area contributed by atoms with E-state index in [2.05, 4.69) is 24.8 Å². The summed E-state index contributed by atoms with van der Waals surface area (Å²) >= 11 is 19.0. The molecule has 0 unspecified atom stereocenters. The van der Waals surface area contributed by atoms with Crippen LogP contribution in [0.4, 0.5) is 0 Å². The van der Waals surface area contributed by atoms with Crippen molar-refractivity contribution in [1.29, 1.82) is 0 Å². The molecule has 0 atom stereocenters. The van der Waals surface area contributed by atoms with Crippen LogP contribution in [0.25, 0.3) is 0 Å². The number of rotatable bonds is 0. The van der Waals surface area contributed by atoms with Gasteiger partial charge in [-0.2, -0.15) is 9.79 Å². The maximum absolute atomic E-state index is 4.94. The first kappa shape index (κ1) is 18.9. The van der Waals surface area contributed by atoms with Gasteiger partial charge in [0.15, 0.2) is 0 Å². The van der Waals surface area contributed by atoms with E-state index in [1.807, 2.05) is 39.2 Å². The van der Waals surface area contributed by atoms with E-state index in [1.54, 1.807) is 4.90 Å². The zero-order valence-electron chi connectivity index (χ0n) is 9.26. The van der Waals surface area contributed by atoms with E-state index in [-0.39, 0.29) is 24.4 Å². The van der Waals surface area contributed by atoms with E-state index in [0.717, 1.165) is 9.79 Å². The quantitative estimate of drug-likeness (QED) is 0.373. The zero-order valence-corrected chi connectivity index (χ0v) is 15.1. The van der Waals surface area contributed by atoms with Crippen molar-refractivity contribution >= 4 is 78.9 Å². The van der Waals surface area contributed by atoms with Gasteiger partial charge in [-0.15, -0.1) is 0 Å². The van der Waals surface area contributed by atoms with Gasteiger partial charge in [0.1, 0.15) is 0 Å². The predicted molar refractivity (Wildman–Crippen MR) is 81.8 cm³/mol. The molecule has 0 spiro atoms. The topological polar surface area (TPSA) is 3.24 Å². The third-order valence-electron chi connectivity index (χ3n) is 1.46. The van der Waals surface area contributed by atoms with Gasteiger partial charge in [0, 0.05) is 14.1 Å². The Balaban J connectivity index is 0. The van der Waals surface area contributed by atoms with E-state index in [9.17, 15) is 0 Å². The summed E-state index contributed by atoms with van der Waals surface area (Å²) in [5.41, 5.74) is 1.17. The molecule has 2 radical (unpaired) electrons. The average molecular weight is 396 g/mol. The summed E-state index contributed by atoms with van der Waals surface area (Å²) in [6.07, 6.45) is 0. The van der Waals surface area contributed by atoms with Gasteiger partial charge in [0.25, 0.3) is 0 Å². The Hall–Kier alpha value is 0.588. The van der Waals surface area contributed by atoms with Crippen LogP contribution < -0.4 is 0 Å². The fraction of sp³-hybridized carbons (Fsp3) is 0.300. The molecule has 1 aromatic rings. The van der Waals surface area contributed by atoms with Crippen molar-refractivity contribution in [1.82, 2.24) is 4.90 Å². The Morgan fingerprint density at radius 3 is 1.88 bits per heavy atom. The van der Waals surface area contributed by atoms with Crippen LogP contribution in [0, 0.1) is 6.92 Å². The van der Waals surface area contributed by atoms with Crippen LogP contribution in [0.1, 0.15) is 5.56 Å². The molecule has 0 saturated carbocycles.